The highest BCUT2D eigenvalue weighted by molar-refractivity contribution is 5.52. The Morgan fingerprint density at radius 2 is 1.90 bits per heavy atom. The molecule has 20 heavy (non-hydrogen) atoms. The van der Waals surface area contributed by atoms with Crippen molar-refractivity contribution in [1.29, 1.82) is 0 Å². The van der Waals surface area contributed by atoms with Crippen LogP contribution in [-0.4, -0.2) is 13.7 Å². The molecule has 1 heterocycles. The second-order valence-corrected chi connectivity index (χ2v) is 5.02. The van der Waals surface area contributed by atoms with Crippen LogP contribution in [0.1, 0.15) is 16.7 Å². The van der Waals surface area contributed by atoms with E-state index in [1.54, 1.807) is 7.11 Å². The molecule has 3 heteroatoms. The van der Waals surface area contributed by atoms with Crippen molar-refractivity contribution < 1.29 is 9.47 Å². The molecule has 0 saturated heterocycles. The lowest BCUT2D eigenvalue weighted by molar-refractivity contribution is 0.185. The summed E-state index contributed by atoms with van der Waals surface area (Å²) < 4.78 is 10.6. The van der Waals surface area contributed by atoms with Gasteiger partial charge in [0.15, 0.2) is 0 Å². The molecule has 0 fully saturated rings. The molecule has 2 aromatic rings. The van der Waals surface area contributed by atoms with E-state index >= 15 is 0 Å². The van der Waals surface area contributed by atoms with Crippen LogP contribution in [0.5, 0.6) is 5.75 Å². The van der Waals surface area contributed by atoms with Gasteiger partial charge < -0.3 is 14.8 Å². The molecular weight excluding hydrogens is 250 g/mol. The first-order valence-electron chi connectivity index (χ1n) is 6.91. The minimum atomic E-state index is 0.665. The second-order valence-electron chi connectivity index (χ2n) is 5.02. The maximum atomic E-state index is 5.51. The van der Waals surface area contributed by atoms with Crippen LogP contribution in [0.3, 0.4) is 0 Å². The minimum Gasteiger partial charge on any atom is -0.493 e. The molecule has 3 rings (SSSR count). The van der Waals surface area contributed by atoms with Crippen LogP contribution >= 0.6 is 0 Å². The zero-order valence-electron chi connectivity index (χ0n) is 11.7. The van der Waals surface area contributed by atoms with Gasteiger partial charge in [-0.05, 0) is 34.9 Å². The molecule has 0 radical (unpaired) electrons. The Balaban J connectivity index is 1.61. The number of rotatable bonds is 5. The lowest BCUT2D eigenvalue weighted by Crippen LogP contribution is -2.00. The first-order chi connectivity index (χ1) is 9.85. The largest absolute Gasteiger partial charge is 0.493 e. The van der Waals surface area contributed by atoms with E-state index in [0.717, 1.165) is 31.0 Å². The van der Waals surface area contributed by atoms with E-state index in [2.05, 4.69) is 41.7 Å². The summed E-state index contributed by atoms with van der Waals surface area (Å²) in [7, 11) is 1.72. The van der Waals surface area contributed by atoms with Gasteiger partial charge in [-0.15, -0.1) is 0 Å². The quantitative estimate of drug-likeness (QED) is 0.902. The van der Waals surface area contributed by atoms with Gasteiger partial charge in [-0.25, -0.2) is 0 Å². The van der Waals surface area contributed by atoms with Crippen molar-refractivity contribution in [3.05, 3.63) is 59.2 Å². The third-order valence-corrected chi connectivity index (χ3v) is 3.52. The topological polar surface area (TPSA) is 30.5 Å². The fourth-order valence-electron chi connectivity index (χ4n) is 2.42. The van der Waals surface area contributed by atoms with Crippen molar-refractivity contribution in [2.24, 2.45) is 0 Å². The number of nitrogens with one attached hydrogen (secondary N) is 1. The van der Waals surface area contributed by atoms with Gasteiger partial charge in [0, 0.05) is 25.8 Å². The van der Waals surface area contributed by atoms with Crippen molar-refractivity contribution in [2.75, 3.05) is 19.0 Å². The molecule has 0 saturated carbocycles. The Bertz CT molecular complexity index is 578. The molecule has 0 amide bonds. The van der Waals surface area contributed by atoms with E-state index in [4.69, 9.17) is 9.47 Å². The monoisotopic (exact) mass is 269 g/mol. The number of anilines is 1. The van der Waals surface area contributed by atoms with Crippen LogP contribution in [0.15, 0.2) is 42.5 Å². The third-order valence-electron chi connectivity index (χ3n) is 3.52. The number of fused-ring (bicyclic) bond motifs is 1. The van der Waals surface area contributed by atoms with Crippen molar-refractivity contribution in [1.82, 2.24) is 0 Å². The van der Waals surface area contributed by atoms with E-state index in [1.807, 2.05) is 6.07 Å². The van der Waals surface area contributed by atoms with Gasteiger partial charge in [-0.3, -0.25) is 0 Å². The van der Waals surface area contributed by atoms with Crippen LogP contribution in [0, 0.1) is 0 Å². The number of hydrogen-bond donors (Lipinski definition) is 1. The lowest BCUT2D eigenvalue weighted by atomic mass is 10.1. The molecule has 1 aliphatic heterocycles. The normalized spacial score (nSPS) is 12.8. The van der Waals surface area contributed by atoms with Crippen LogP contribution in [0.4, 0.5) is 5.69 Å². The second kappa shape index (κ2) is 5.97. The molecule has 0 bridgehead atoms. The van der Waals surface area contributed by atoms with E-state index < -0.39 is 0 Å². The van der Waals surface area contributed by atoms with E-state index in [0.29, 0.717) is 6.61 Å². The number of benzene rings is 2. The zero-order chi connectivity index (χ0) is 13.8. The minimum absolute atomic E-state index is 0.665. The van der Waals surface area contributed by atoms with Gasteiger partial charge in [0.2, 0.25) is 0 Å². The summed E-state index contributed by atoms with van der Waals surface area (Å²) in [5.74, 6) is 1.03. The Labute approximate surface area is 119 Å². The highest BCUT2D eigenvalue weighted by Crippen LogP contribution is 2.28. The molecule has 1 N–H and O–H groups in total. The molecule has 1 aliphatic rings. The Morgan fingerprint density at radius 3 is 2.70 bits per heavy atom. The van der Waals surface area contributed by atoms with Crippen molar-refractivity contribution in [3.8, 4) is 5.75 Å². The Hall–Kier alpha value is -2.00. The lowest BCUT2D eigenvalue weighted by Gasteiger charge is -2.09. The van der Waals surface area contributed by atoms with Gasteiger partial charge in [-0.2, -0.15) is 0 Å². The van der Waals surface area contributed by atoms with Gasteiger partial charge in [-0.1, -0.05) is 24.3 Å². The van der Waals surface area contributed by atoms with Gasteiger partial charge >= 0.3 is 0 Å². The average molecular weight is 269 g/mol. The Morgan fingerprint density at radius 1 is 1.10 bits per heavy atom. The molecule has 0 atom stereocenters. The summed E-state index contributed by atoms with van der Waals surface area (Å²) in [4.78, 5) is 0. The fraction of sp³-hybridized carbons (Fsp3) is 0.294. The van der Waals surface area contributed by atoms with Crippen molar-refractivity contribution in [2.45, 2.75) is 19.6 Å². The highest BCUT2D eigenvalue weighted by Gasteiger charge is 2.11. The van der Waals surface area contributed by atoms with Gasteiger partial charge in [0.1, 0.15) is 5.75 Å². The Kier molecular flexibility index (Phi) is 3.88. The van der Waals surface area contributed by atoms with Crippen molar-refractivity contribution in [3.63, 3.8) is 0 Å². The average Bonchev–Trinajstić information content (AvgIpc) is 2.94. The van der Waals surface area contributed by atoms with E-state index in [9.17, 15) is 0 Å². The smallest absolute Gasteiger partial charge is 0.122 e. The fourth-order valence-corrected chi connectivity index (χ4v) is 2.42. The standard InChI is InChI=1S/C17H19NO2/c1-19-12-14-4-2-13(3-5-14)11-18-16-6-7-17-15(10-16)8-9-20-17/h2-7,10,18H,8-9,11-12H2,1H3. The summed E-state index contributed by atoms with van der Waals surface area (Å²) in [6.07, 6.45) is 1.01. The summed E-state index contributed by atoms with van der Waals surface area (Å²) >= 11 is 0. The van der Waals surface area contributed by atoms with Crippen molar-refractivity contribution >= 4 is 5.69 Å². The molecule has 0 unspecified atom stereocenters. The molecule has 0 aromatic heterocycles. The predicted molar refractivity (Wildman–Crippen MR) is 80.1 cm³/mol. The molecule has 3 nitrogen and oxygen atoms in total. The maximum absolute atomic E-state index is 5.51. The maximum Gasteiger partial charge on any atom is 0.122 e. The van der Waals surface area contributed by atoms with Gasteiger partial charge in [0.05, 0.1) is 13.2 Å². The van der Waals surface area contributed by atoms with Crippen LogP contribution in [0.2, 0.25) is 0 Å². The SMILES string of the molecule is COCc1ccc(CNc2ccc3c(c2)CCO3)cc1. The molecule has 0 spiro atoms. The summed E-state index contributed by atoms with van der Waals surface area (Å²) in [6.45, 7) is 2.30. The number of ether oxygens (including phenoxy) is 2. The van der Waals surface area contributed by atoms with E-state index in [1.165, 1.54) is 16.7 Å². The van der Waals surface area contributed by atoms with Crippen LogP contribution in [0.25, 0.3) is 0 Å². The number of hydrogen-bond acceptors (Lipinski definition) is 3. The first-order valence-corrected chi connectivity index (χ1v) is 6.91. The van der Waals surface area contributed by atoms with Crippen LogP contribution in [-0.2, 0) is 24.3 Å². The molecule has 0 aliphatic carbocycles. The predicted octanol–water partition coefficient (Wildman–Crippen LogP) is 3.38. The first kappa shape index (κ1) is 13.0. The van der Waals surface area contributed by atoms with E-state index in [-0.39, 0.29) is 0 Å². The number of methoxy groups -OCH3 is 1. The van der Waals surface area contributed by atoms with Gasteiger partial charge in [0.25, 0.3) is 0 Å². The third kappa shape index (κ3) is 2.94. The highest BCUT2D eigenvalue weighted by atomic mass is 16.5. The molecule has 104 valence electrons. The summed E-state index contributed by atoms with van der Waals surface area (Å²) in [5, 5.41) is 3.46. The zero-order valence-corrected chi connectivity index (χ0v) is 11.7. The summed E-state index contributed by atoms with van der Waals surface area (Å²) in [6, 6.07) is 14.8. The van der Waals surface area contributed by atoms with Crippen LogP contribution < -0.4 is 10.1 Å². The summed E-state index contributed by atoms with van der Waals surface area (Å²) in [5.41, 5.74) is 4.91. The molecule has 2 aromatic carbocycles. The molecular formula is C17H19NO2.